The quantitative estimate of drug-likeness (QED) is 0.0724. The second kappa shape index (κ2) is 18.9. The molecule has 2 fully saturated rings. The lowest BCUT2D eigenvalue weighted by Gasteiger charge is -2.27. The van der Waals surface area contributed by atoms with Crippen LogP contribution >= 0.6 is 31.0 Å². The van der Waals surface area contributed by atoms with Crippen molar-refractivity contribution in [1.29, 1.82) is 0 Å². The first-order chi connectivity index (χ1) is 23.9. The van der Waals surface area contributed by atoms with E-state index in [1.165, 1.54) is 39.1 Å². The molecular formula is C34H49Cl2N3O11P-. The number of phosphoric ester groups is 1. The zero-order valence-electron chi connectivity index (χ0n) is 30.1. The number of phosphoric acid groups is 1. The minimum Gasteiger partial charge on any atom is -0.756 e. The number of ether oxygens (including phenoxy) is 3. The van der Waals surface area contributed by atoms with Gasteiger partial charge < -0.3 is 38.1 Å². The Morgan fingerprint density at radius 1 is 1.20 bits per heavy atom. The highest BCUT2D eigenvalue weighted by molar-refractivity contribution is 7.45. The number of phenols is 1. The van der Waals surface area contributed by atoms with Crippen molar-refractivity contribution in [2.45, 2.75) is 104 Å². The van der Waals surface area contributed by atoms with Gasteiger partial charge >= 0.3 is 5.69 Å². The third-order valence-corrected chi connectivity index (χ3v) is 9.98. The summed E-state index contributed by atoms with van der Waals surface area (Å²) in [6.07, 6.45) is 5.79. The van der Waals surface area contributed by atoms with Crippen LogP contribution in [0.25, 0.3) is 0 Å². The van der Waals surface area contributed by atoms with Gasteiger partial charge in [0.25, 0.3) is 13.4 Å². The van der Waals surface area contributed by atoms with Crippen LogP contribution in [0, 0.1) is 18.3 Å². The maximum absolute atomic E-state index is 12.5. The number of allylic oxidation sites excluding steroid dienone is 1. The molecule has 7 atom stereocenters. The third-order valence-electron chi connectivity index (χ3n) is 8.35. The van der Waals surface area contributed by atoms with E-state index in [4.69, 9.17) is 51.3 Å². The zero-order chi connectivity index (χ0) is 38.1. The summed E-state index contributed by atoms with van der Waals surface area (Å²) in [4.78, 5) is 44.6. The van der Waals surface area contributed by atoms with Gasteiger partial charge in [0.1, 0.15) is 12.3 Å². The van der Waals surface area contributed by atoms with Gasteiger partial charge in [-0.25, -0.2) is 4.79 Å². The number of hydrogen-bond donors (Lipinski definition) is 2. The zero-order valence-corrected chi connectivity index (χ0v) is 32.5. The molecule has 3 unspecified atom stereocenters. The Morgan fingerprint density at radius 3 is 2.49 bits per heavy atom. The fourth-order valence-corrected chi connectivity index (χ4v) is 6.80. The number of hydrogen-bond acceptors (Lipinski definition) is 12. The molecule has 0 radical (unpaired) electrons. The Bertz CT molecular complexity index is 1680. The molecule has 2 aliphatic heterocycles. The number of aromatic amines is 1. The van der Waals surface area contributed by atoms with Gasteiger partial charge in [-0.05, 0) is 51.9 Å². The number of methoxy groups -OCH3 is 1. The second-order valence-electron chi connectivity index (χ2n) is 13.8. The van der Waals surface area contributed by atoms with Crippen molar-refractivity contribution in [1.82, 2.24) is 9.55 Å². The van der Waals surface area contributed by atoms with E-state index in [9.17, 15) is 24.2 Å². The van der Waals surface area contributed by atoms with Crippen LogP contribution in [0.5, 0.6) is 11.5 Å². The van der Waals surface area contributed by atoms with E-state index in [1.807, 2.05) is 19.9 Å². The summed E-state index contributed by atoms with van der Waals surface area (Å²) >= 11 is 12.4. The summed E-state index contributed by atoms with van der Waals surface area (Å²) in [7, 11) is -3.42. The fraction of sp³-hybridized carbons (Fsp3) is 0.618. The molecule has 14 nitrogen and oxygen atoms in total. The normalized spacial score (nSPS) is 24.6. The lowest BCUT2D eigenvalue weighted by atomic mass is 9.90. The van der Waals surface area contributed by atoms with E-state index < -0.39 is 44.1 Å². The molecule has 2 aliphatic rings. The molecule has 2 aromatic rings. The molecule has 3 heterocycles. The number of unbranched alkanes of at least 4 members (excludes halogenated alkanes) is 1. The molecule has 0 spiro atoms. The molecule has 0 bridgehead atoms. The summed E-state index contributed by atoms with van der Waals surface area (Å²) in [5, 5.41) is 14.1. The second-order valence-corrected chi connectivity index (χ2v) is 16.0. The summed E-state index contributed by atoms with van der Waals surface area (Å²) in [5.74, 6) is -0.412. The number of phenolic OH excluding ortho intramolecular Hbond substituents is 1. The first kappa shape index (κ1) is 42.7. The van der Waals surface area contributed by atoms with Gasteiger partial charge in [0.2, 0.25) is 0 Å². The van der Waals surface area contributed by atoms with Crippen molar-refractivity contribution < 1.29 is 42.7 Å². The topological polar surface area (TPSA) is 183 Å². The van der Waals surface area contributed by atoms with Crippen LogP contribution in [-0.2, 0) is 27.9 Å². The van der Waals surface area contributed by atoms with E-state index in [1.54, 1.807) is 0 Å². The highest BCUT2D eigenvalue weighted by Gasteiger charge is 2.40. The first-order valence-corrected chi connectivity index (χ1v) is 18.9. The van der Waals surface area contributed by atoms with Crippen LogP contribution in [0.3, 0.4) is 0 Å². The van der Waals surface area contributed by atoms with Crippen molar-refractivity contribution in [2.75, 3.05) is 20.3 Å². The number of oxime groups is 1. The standard InChI is InChI=1S/C25H32Cl2N3O11P.C9H18/c1-12-9-30(25(33)29-24(12)32)21-7-18(41-28-8-16-17(26)6-19(36-4)23(31)22(16)27)20(40-21)11-38-42(34,35)37-10-15-5-13(2)39-14(15)3;1-5-6-7-8-9(2,3)4/h6,8-9,13-15,18,20-21,31H,5,7,10-11H2,1-4H3,(H,34,35)(H,29,32,33);5H,1,6-8H2,2-4H3/p-1/b28-8+;/t13?,14?,15-,18+,20+,21+;/m0./s1. The summed E-state index contributed by atoms with van der Waals surface area (Å²) in [6.45, 7) is 15.1. The summed E-state index contributed by atoms with van der Waals surface area (Å²) in [5.41, 5.74) is -0.392. The van der Waals surface area contributed by atoms with E-state index in [2.05, 4.69) is 37.5 Å². The van der Waals surface area contributed by atoms with Gasteiger partial charge in [0.05, 0.1) is 48.8 Å². The van der Waals surface area contributed by atoms with E-state index in [0.717, 1.165) is 17.2 Å². The number of aryl methyl sites for hydroxylation is 1. The highest BCUT2D eigenvalue weighted by atomic mass is 35.5. The predicted molar refractivity (Wildman–Crippen MR) is 193 cm³/mol. The smallest absolute Gasteiger partial charge is 0.330 e. The third kappa shape index (κ3) is 12.7. The van der Waals surface area contributed by atoms with Gasteiger partial charge in [-0.3, -0.25) is 18.9 Å². The molecule has 286 valence electrons. The maximum atomic E-state index is 12.5. The molecule has 2 saturated heterocycles. The molecule has 4 rings (SSSR count). The summed E-state index contributed by atoms with van der Waals surface area (Å²) in [6, 6.07) is 1.34. The molecule has 17 heteroatoms. The lowest BCUT2D eigenvalue weighted by Crippen LogP contribution is -2.33. The van der Waals surface area contributed by atoms with Crippen LogP contribution in [0.4, 0.5) is 0 Å². The number of nitrogens with one attached hydrogen (secondary N) is 1. The Kier molecular flexibility index (Phi) is 15.8. The lowest BCUT2D eigenvalue weighted by molar-refractivity contribution is -0.229. The number of nitrogens with zero attached hydrogens (tertiary/aromatic N) is 2. The molecule has 51 heavy (non-hydrogen) atoms. The number of aromatic nitrogens is 2. The molecule has 1 aromatic carbocycles. The van der Waals surface area contributed by atoms with Crippen molar-refractivity contribution in [3.8, 4) is 11.5 Å². The molecule has 0 amide bonds. The van der Waals surface area contributed by atoms with Crippen LogP contribution in [0.15, 0.2) is 39.7 Å². The number of aromatic hydroxyl groups is 1. The average molecular weight is 778 g/mol. The van der Waals surface area contributed by atoms with Gasteiger partial charge in [-0.2, -0.15) is 0 Å². The van der Waals surface area contributed by atoms with Crippen molar-refractivity contribution in [3.05, 3.63) is 66.9 Å². The maximum Gasteiger partial charge on any atom is 0.330 e. The minimum absolute atomic E-state index is 0.00514. The number of benzene rings is 1. The van der Waals surface area contributed by atoms with Gasteiger partial charge in [-0.15, -0.1) is 6.58 Å². The largest absolute Gasteiger partial charge is 0.756 e. The van der Waals surface area contributed by atoms with E-state index in [0.29, 0.717) is 11.8 Å². The van der Waals surface area contributed by atoms with Crippen LogP contribution in [-0.4, -0.2) is 65.6 Å². The average Bonchev–Trinajstić information content (AvgIpc) is 3.61. The fourth-order valence-electron chi connectivity index (χ4n) is 5.49. The Hall–Kier alpha value is -2.68. The van der Waals surface area contributed by atoms with Gasteiger partial charge in [0.15, 0.2) is 17.6 Å². The number of H-pyrrole nitrogens is 1. The van der Waals surface area contributed by atoms with Crippen molar-refractivity contribution >= 4 is 37.2 Å². The van der Waals surface area contributed by atoms with E-state index in [-0.39, 0.29) is 63.8 Å². The predicted octanol–water partition coefficient (Wildman–Crippen LogP) is 6.28. The summed E-state index contributed by atoms with van der Waals surface area (Å²) < 4.78 is 40.5. The van der Waals surface area contributed by atoms with Gasteiger partial charge in [-0.1, -0.05) is 55.2 Å². The minimum atomic E-state index is -4.76. The Labute approximate surface area is 308 Å². The molecule has 1 aromatic heterocycles. The van der Waals surface area contributed by atoms with Crippen LogP contribution in [0.1, 0.15) is 84.1 Å². The molecule has 0 aliphatic carbocycles. The highest BCUT2D eigenvalue weighted by Crippen LogP contribution is 2.43. The SMILES string of the molecule is C=CCCCC(C)(C)C.COc1cc(Cl)c(/C=N/O[C@@H]2C[C@H](n3cc(C)c(=O)[nH]c3=O)O[C@@H]2COP(=O)([O-])OC[C@@H]2CC(C)OC2C)c(Cl)c1O. The van der Waals surface area contributed by atoms with Crippen LogP contribution in [0.2, 0.25) is 10.0 Å². The number of rotatable bonds is 14. The van der Waals surface area contributed by atoms with Crippen molar-refractivity contribution in [2.24, 2.45) is 16.5 Å². The number of halogens is 2. The van der Waals surface area contributed by atoms with Crippen LogP contribution < -0.4 is 20.9 Å². The van der Waals surface area contributed by atoms with Crippen molar-refractivity contribution in [3.63, 3.8) is 0 Å². The molecular weight excluding hydrogens is 728 g/mol. The Morgan fingerprint density at radius 2 is 1.88 bits per heavy atom. The Balaban J connectivity index is 0.000000688. The van der Waals surface area contributed by atoms with E-state index >= 15 is 0 Å². The molecule has 0 saturated carbocycles. The molecule has 2 N–H and O–H groups in total. The monoisotopic (exact) mass is 776 g/mol. The first-order valence-electron chi connectivity index (χ1n) is 16.6. The van der Waals surface area contributed by atoms with Gasteiger partial charge in [0, 0.05) is 35.7 Å².